The van der Waals surface area contributed by atoms with Gasteiger partial charge in [-0.25, -0.2) is 0 Å². The van der Waals surface area contributed by atoms with Gasteiger partial charge in [-0.15, -0.1) is 0 Å². The molecule has 200 valence electrons. The highest BCUT2D eigenvalue weighted by atomic mass is 16.5. The molecule has 2 aliphatic heterocycles. The highest BCUT2D eigenvalue weighted by Gasteiger charge is 2.71. The SMILES string of the molecule is CC(=O)Oc1ccc(C(=O)[C@@H]2[C@H](c3ccccc3)C3(C(=O)c4ccccc4C3=O)[C@H]3C=Cc4ccccc4N23)cc1. The van der Waals surface area contributed by atoms with Gasteiger partial charge in [0.05, 0.1) is 6.04 Å². The molecule has 1 aliphatic carbocycles. The molecular formula is C35H25NO5. The predicted octanol–water partition coefficient (Wildman–Crippen LogP) is 5.93. The van der Waals surface area contributed by atoms with Crippen molar-refractivity contribution in [2.45, 2.75) is 24.9 Å². The minimum absolute atomic E-state index is 0.225. The molecule has 0 unspecified atom stereocenters. The quantitative estimate of drug-likeness (QED) is 0.138. The van der Waals surface area contributed by atoms with E-state index in [1.54, 1.807) is 48.5 Å². The lowest BCUT2D eigenvalue weighted by Gasteiger charge is -2.37. The van der Waals surface area contributed by atoms with Crippen molar-refractivity contribution in [2.24, 2.45) is 5.41 Å². The van der Waals surface area contributed by atoms with Crippen LogP contribution in [-0.4, -0.2) is 35.4 Å². The van der Waals surface area contributed by atoms with Crippen LogP contribution in [0, 0.1) is 5.41 Å². The average molecular weight is 540 g/mol. The molecular weight excluding hydrogens is 514 g/mol. The Labute approximate surface area is 236 Å². The van der Waals surface area contributed by atoms with Gasteiger partial charge >= 0.3 is 5.97 Å². The highest BCUT2D eigenvalue weighted by molar-refractivity contribution is 6.32. The second-order valence-corrected chi connectivity index (χ2v) is 10.7. The van der Waals surface area contributed by atoms with Gasteiger partial charge < -0.3 is 9.64 Å². The van der Waals surface area contributed by atoms with Gasteiger partial charge in [-0.05, 0) is 41.5 Å². The summed E-state index contributed by atoms with van der Waals surface area (Å²) in [6.45, 7) is 1.32. The van der Waals surface area contributed by atoms with E-state index >= 15 is 0 Å². The van der Waals surface area contributed by atoms with Crippen molar-refractivity contribution in [1.29, 1.82) is 0 Å². The van der Waals surface area contributed by atoms with Gasteiger partial charge in [0, 0.05) is 35.2 Å². The van der Waals surface area contributed by atoms with E-state index in [0.29, 0.717) is 22.4 Å². The molecule has 1 saturated heterocycles. The van der Waals surface area contributed by atoms with E-state index in [4.69, 9.17) is 4.74 Å². The van der Waals surface area contributed by atoms with E-state index in [2.05, 4.69) is 0 Å². The Bertz CT molecular complexity index is 1740. The third-order valence-corrected chi connectivity index (χ3v) is 8.54. The minimum Gasteiger partial charge on any atom is -0.427 e. The summed E-state index contributed by atoms with van der Waals surface area (Å²) >= 11 is 0. The van der Waals surface area contributed by atoms with Crippen LogP contribution in [0.3, 0.4) is 0 Å². The van der Waals surface area contributed by atoms with Crippen LogP contribution in [0.2, 0.25) is 0 Å². The van der Waals surface area contributed by atoms with Crippen molar-refractivity contribution in [3.8, 4) is 5.75 Å². The predicted molar refractivity (Wildman–Crippen MR) is 154 cm³/mol. The lowest BCUT2D eigenvalue weighted by Crippen LogP contribution is -2.48. The number of Topliss-reactive ketones (excluding diaryl/α,β-unsaturated/α-hetero) is 3. The zero-order valence-corrected chi connectivity index (χ0v) is 22.2. The molecule has 3 aliphatic rings. The smallest absolute Gasteiger partial charge is 0.308 e. The Kier molecular flexibility index (Phi) is 5.61. The summed E-state index contributed by atoms with van der Waals surface area (Å²) in [5, 5.41) is 0. The largest absolute Gasteiger partial charge is 0.427 e. The van der Waals surface area contributed by atoms with Crippen molar-refractivity contribution in [2.75, 3.05) is 4.90 Å². The summed E-state index contributed by atoms with van der Waals surface area (Å²) in [6, 6.07) is 29.0. The first-order valence-corrected chi connectivity index (χ1v) is 13.5. The minimum atomic E-state index is -1.53. The van der Waals surface area contributed by atoms with E-state index in [0.717, 1.165) is 16.8 Å². The molecule has 6 nitrogen and oxygen atoms in total. The molecule has 0 N–H and O–H groups in total. The molecule has 0 saturated carbocycles. The molecule has 3 atom stereocenters. The molecule has 4 aromatic carbocycles. The molecule has 0 aromatic heterocycles. The average Bonchev–Trinajstić information content (AvgIpc) is 3.43. The second-order valence-electron chi connectivity index (χ2n) is 10.7. The number of fused-ring (bicyclic) bond motifs is 5. The topological polar surface area (TPSA) is 80.8 Å². The van der Waals surface area contributed by atoms with Crippen molar-refractivity contribution < 1.29 is 23.9 Å². The van der Waals surface area contributed by atoms with Crippen LogP contribution < -0.4 is 9.64 Å². The van der Waals surface area contributed by atoms with Crippen LogP contribution in [0.4, 0.5) is 5.69 Å². The molecule has 1 spiro atoms. The molecule has 2 heterocycles. The van der Waals surface area contributed by atoms with Crippen LogP contribution >= 0.6 is 0 Å². The van der Waals surface area contributed by atoms with Gasteiger partial charge in [0.1, 0.15) is 17.2 Å². The van der Waals surface area contributed by atoms with Crippen LogP contribution in [0.1, 0.15) is 55.0 Å². The number of rotatable bonds is 4. The van der Waals surface area contributed by atoms with E-state index < -0.39 is 29.4 Å². The van der Waals surface area contributed by atoms with Gasteiger partial charge in [0.25, 0.3) is 0 Å². The molecule has 7 rings (SSSR count). The first-order chi connectivity index (χ1) is 19.9. The van der Waals surface area contributed by atoms with Crippen LogP contribution in [0.15, 0.2) is 109 Å². The Balaban J connectivity index is 1.48. The first-order valence-electron chi connectivity index (χ1n) is 13.5. The number of carbonyl (C=O) groups excluding carboxylic acids is 4. The lowest BCUT2D eigenvalue weighted by atomic mass is 9.64. The monoisotopic (exact) mass is 539 g/mol. The summed E-state index contributed by atoms with van der Waals surface area (Å²) in [6.07, 6.45) is 3.86. The Morgan fingerprint density at radius 1 is 0.756 bits per heavy atom. The summed E-state index contributed by atoms with van der Waals surface area (Å²) < 4.78 is 5.18. The zero-order valence-electron chi connectivity index (χ0n) is 22.2. The molecule has 4 aromatic rings. The van der Waals surface area contributed by atoms with E-state index in [1.165, 1.54) is 6.92 Å². The number of anilines is 1. The van der Waals surface area contributed by atoms with Gasteiger partial charge in [0.2, 0.25) is 0 Å². The molecule has 1 fully saturated rings. The number of benzene rings is 4. The third-order valence-electron chi connectivity index (χ3n) is 8.54. The number of carbonyl (C=O) groups is 4. The Morgan fingerprint density at radius 2 is 1.37 bits per heavy atom. The fraction of sp³-hybridized carbons (Fsp3) is 0.143. The maximum Gasteiger partial charge on any atom is 0.308 e. The Hall–Kier alpha value is -5.10. The first kappa shape index (κ1) is 24.9. The summed E-state index contributed by atoms with van der Waals surface area (Å²) in [5.41, 5.74) is 2.10. The number of hydrogen-bond acceptors (Lipinski definition) is 6. The molecule has 0 bridgehead atoms. The standard InChI is InChI=1S/C35H25NO5/c1-21(37)41-25-18-15-24(16-19-25)32(38)31-30(23-10-3-2-4-11-23)35(33(39)26-12-6-7-13-27(26)34(35)40)29-20-17-22-9-5-8-14-28(22)36(29)31/h2-20,29-31H,1H3/t29-,30+,31+/m1/s1. The number of hydrogen-bond donors (Lipinski definition) is 0. The summed E-state index contributed by atoms with van der Waals surface area (Å²) in [7, 11) is 0. The van der Waals surface area contributed by atoms with Gasteiger partial charge in [0.15, 0.2) is 17.3 Å². The van der Waals surface area contributed by atoms with E-state index in [1.807, 2.05) is 71.6 Å². The second kappa shape index (κ2) is 9.24. The van der Waals surface area contributed by atoms with E-state index in [-0.39, 0.29) is 17.3 Å². The molecule has 0 amide bonds. The number of nitrogens with zero attached hydrogens (tertiary/aromatic N) is 1. The third kappa shape index (κ3) is 3.50. The maximum atomic E-state index is 14.7. The zero-order chi connectivity index (χ0) is 28.3. The van der Waals surface area contributed by atoms with Crippen molar-refractivity contribution >= 4 is 35.1 Å². The van der Waals surface area contributed by atoms with Gasteiger partial charge in [-0.2, -0.15) is 0 Å². The highest BCUT2D eigenvalue weighted by Crippen LogP contribution is 2.60. The summed E-state index contributed by atoms with van der Waals surface area (Å²) in [5.74, 6) is -1.63. The number of para-hydroxylation sites is 1. The van der Waals surface area contributed by atoms with Crippen LogP contribution in [0.5, 0.6) is 5.75 Å². The normalized spacial score (nSPS) is 21.4. The van der Waals surface area contributed by atoms with Crippen molar-refractivity contribution in [3.63, 3.8) is 0 Å². The lowest BCUT2D eigenvalue weighted by molar-refractivity contribution is -0.131. The number of esters is 1. The number of ether oxygens (including phenoxy) is 1. The summed E-state index contributed by atoms with van der Waals surface area (Å²) in [4.78, 5) is 57.3. The van der Waals surface area contributed by atoms with Gasteiger partial charge in [-0.3, -0.25) is 19.2 Å². The van der Waals surface area contributed by atoms with Gasteiger partial charge in [-0.1, -0.05) is 84.9 Å². The van der Waals surface area contributed by atoms with Crippen molar-refractivity contribution in [1.82, 2.24) is 0 Å². The Morgan fingerprint density at radius 3 is 2.02 bits per heavy atom. The maximum absolute atomic E-state index is 14.7. The van der Waals surface area contributed by atoms with Crippen LogP contribution in [-0.2, 0) is 4.79 Å². The molecule has 41 heavy (non-hydrogen) atoms. The van der Waals surface area contributed by atoms with Crippen LogP contribution in [0.25, 0.3) is 6.08 Å². The molecule has 0 radical (unpaired) electrons. The molecule has 6 heteroatoms. The fourth-order valence-electron chi connectivity index (χ4n) is 6.97. The number of ketones is 3. The van der Waals surface area contributed by atoms with Crippen molar-refractivity contribution in [3.05, 3.63) is 137 Å². The fourth-order valence-corrected chi connectivity index (χ4v) is 6.97. The van der Waals surface area contributed by atoms with E-state index in [9.17, 15) is 19.2 Å².